The van der Waals surface area contributed by atoms with E-state index in [1.54, 1.807) is 29.2 Å². The van der Waals surface area contributed by atoms with Gasteiger partial charge in [0, 0.05) is 31.5 Å². The van der Waals surface area contributed by atoms with Crippen molar-refractivity contribution in [2.45, 2.75) is 10.9 Å². The Balaban J connectivity index is 1.48. The molecule has 3 aromatic rings. The molecule has 2 N–H and O–H groups in total. The van der Waals surface area contributed by atoms with Gasteiger partial charge in [-0.1, -0.05) is 18.2 Å². The number of hydrogen-bond acceptors (Lipinski definition) is 7. The van der Waals surface area contributed by atoms with Gasteiger partial charge in [-0.15, -0.1) is 0 Å². The number of nitrogens with zero attached hydrogens (tertiary/aromatic N) is 3. The Morgan fingerprint density at radius 2 is 1.90 bits per heavy atom. The van der Waals surface area contributed by atoms with E-state index in [1.165, 1.54) is 12.1 Å². The quantitative estimate of drug-likeness (QED) is 0.594. The molecule has 2 heterocycles. The summed E-state index contributed by atoms with van der Waals surface area (Å²) in [6, 6.07) is 15.3. The SMILES string of the molecule is CS(=O)(=O)c1ccc(-c2n[nH]c(C3CNCCN3C(=O)COc3ccccc3)n2)cc1. The van der Waals surface area contributed by atoms with Crippen LogP contribution in [0.2, 0.25) is 0 Å². The van der Waals surface area contributed by atoms with Crippen LogP contribution < -0.4 is 10.1 Å². The number of carbonyl (C=O) groups is 1. The fraction of sp³-hybridized carbons (Fsp3) is 0.286. The molecule has 0 spiro atoms. The Morgan fingerprint density at radius 3 is 2.61 bits per heavy atom. The first-order chi connectivity index (χ1) is 14.9. The van der Waals surface area contributed by atoms with Crippen molar-refractivity contribution in [2.75, 3.05) is 32.5 Å². The molecule has 10 heteroatoms. The van der Waals surface area contributed by atoms with E-state index >= 15 is 0 Å². The van der Waals surface area contributed by atoms with Crippen molar-refractivity contribution in [1.29, 1.82) is 0 Å². The van der Waals surface area contributed by atoms with Gasteiger partial charge in [-0.05, 0) is 36.4 Å². The van der Waals surface area contributed by atoms with Crippen LogP contribution in [-0.2, 0) is 14.6 Å². The third kappa shape index (κ3) is 4.92. The topological polar surface area (TPSA) is 117 Å². The summed E-state index contributed by atoms with van der Waals surface area (Å²) >= 11 is 0. The minimum atomic E-state index is -3.27. The fourth-order valence-corrected chi connectivity index (χ4v) is 4.03. The Labute approximate surface area is 180 Å². The molecule has 4 rings (SSSR count). The second kappa shape index (κ2) is 8.86. The highest BCUT2D eigenvalue weighted by Gasteiger charge is 2.30. The monoisotopic (exact) mass is 441 g/mol. The number of benzene rings is 2. The van der Waals surface area contributed by atoms with E-state index in [0.717, 1.165) is 6.26 Å². The second-order valence-corrected chi connectivity index (χ2v) is 9.27. The summed E-state index contributed by atoms with van der Waals surface area (Å²) in [5.41, 5.74) is 0.684. The average Bonchev–Trinajstić information content (AvgIpc) is 3.28. The Hall–Kier alpha value is -3.24. The fourth-order valence-electron chi connectivity index (χ4n) is 3.40. The van der Waals surface area contributed by atoms with E-state index in [2.05, 4.69) is 20.5 Å². The maximum absolute atomic E-state index is 12.8. The molecular formula is C21H23N5O4S. The lowest BCUT2D eigenvalue weighted by Gasteiger charge is -2.34. The Bertz CT molecular complexity index is 1150. The number of sulfone groups is 1. The zero-order chi connectivity index (χ0) is 21.8. The van der Waals surface area contributed by atoms with E-state index in [1.807, 2.05) is 18.2 Å². The van der Waals surface area contributed by atoms with E-state index in [4.69, 9.17) is 4.74 Å². The van der Waals surface area contributed by atoms with Gasteiger partial charge >= 0.3 is 0 Å². The highest BCUT2D eigenvalue weighted by Crippen LogP contribution is 2.23. The summed E-state index contributed by atoms with van der Waals surface area (Å²) in [6.07, 6.45) is 1.16. The predicted molar refractivity (Wildman–Crippen MR) is 114 cm³/mol. The van der Waals surface area contributed by atoms with Crippen LogP contribution in [0.15, 0.2) is 59.5 Å². The molecule has 1 atom stereocenters. The van der Waals surface area contributed by atoms with Crippen molar-refractivity contribution in [3.8, 4) is 17.1 Å². The maximum Gasteiger partial charge on any atom is 0.261 e. The molecule has 0 saturated carbocycles. The number of hydrogen-bond donors (Lipinski definition) is 2. The summed E-state index contributed by atoms with van der Waals surface area (Å²) in [7, 11) is -3.27. The number of ether oxygens (including phenoxy) is 1. The minimum Gasteiger partial charge on any atom is -0.484 e. The van der Waals surface area contributed by atoms with Gasteiger partial charge in [-0.2, -0.15) is 5.10 Å². The molecule has 0 radical (unpaired) electrons. The molecule has 1 unspecified atom stereocenters. The molecule has 0 aliphatic carbocycles. The molecule has 2 aromatic carbocycles. The number of carbonyl (C=O) groups excluding carboxylic acids is 1. The lowest BCUT2D eigenvalue weighted by atomic mass is 10.1. The first-order valence-electron chi connectivity index (χ1n) is 9.82. The maximum atomic E-state index is 12.8. The number of amides is 1. The van der Waals surface area contributed by atoms with Crippen LogP contribution in [0.4, 0.5) is 0 Å². The summed E-state index contributed by atoms with van der Waals surface area (Å²) in [4.78, 5) is 19.3. The number of piperazine rings is 1. The largest absolute Gasteiger partial charge is 0.484 e. The molecule has 0 bridgehead atoms. The molecule has 31 heavy (non-hydrogen) atoms. The molecule has 1 fully saturated rings. The van der Waals surface area contributed by atoms with Crippen LogP contribution in [0, 0.1) is 0 Å². The zero-order valence-corrected chi connectivity index (χ0v) is 17.8. The number of aromatic amines is 1. The van der Waals surface area contributed by atoms with Crippen molar-refractivity contribution in [3.05, 3.63) is 60.4 Å². The molecule has 9 nitrogen and oxygen atoms in total. The number of rotatable bonds is 6. The molecule has 1 aliphatic rings. The lowest BCUT2D eigenvalue weighted by Crippen LogP contribution is -2.50. The number of H-pyrrole nitrogens is 1. The predicted octanol–water partition coefficient (Wildman–Crippen LogP) is 1.43. The van der Waals surface area contributed by atoms with E-state index in [9.17, 15) is 13.2 Å². The molecule has 1 aliphatic heterocycles. The van der Waals surface area contributed by atoms with Crippen LogP contribution in [0.1, 0.15) is 11.9 Å². The van der Waals surface area contributed by atoms with Crippen LogP contribution in [0.3, 0.4) is 0 Å². The van der Waals surface area contributed by atoms with E-state index in [-0.39, 0.29) is 23.5 Å². The van der Waals surface area contributed by atoms with E-state index < -0.39 is 9.84 Å². The third-order valence-corrected chi connectivity index (χ3v) is 6.16. The number of para-hydroxylation sites is 1. The van der Waals surface area contributed by atoms with E-state index in [0.29, 0.717) is 42.6 Å². The third-order valence-electron chi connectivity index (χ3n) is 5.03. The van der Waals surface area contributed by atoms with Crippen molar-refractivity contribution < 1.29 is 17.9 Å². The zero-order valence-electron chi connectivity index (χ0n) is 17.0. The molecule has 162 valence electrons. The molecule has 1 amide bonds. The molecular weight excluding hydrogens is 418 g/mol. The van der Waals surface area contributed by atoms with Crippen molar-refractivity contribution in [3.63, 3.8) is 0 Å². The van der Waals surface area contributed by atoms with Crippen molar-refractivity contribution >= 4 is 15.7 Å². The summed E-state index contributed by atoms with van der Waals surface area (Å²) in [5, 5.41) is 10.5. The number of aromatic nitrogens is 3. The standard InChI is InChI=1S/C21H23N5O4S/c1-31(28,29)17-9-7-15(8-10-17)20-23-21(25-24-20)18-13-22-11-12-26(18)19(27)14-30-16-5-3-2-4-6-16/h2-10,18,22H,11-14H2,1H3,(H,23,24,25). The highest BCUT2D eigenvalue weighted by molar-refractivity contribution is 7.90. The summed E-state index contributed by atoms with van der Waals surface area (Å²) < 4.78 is 28.9. The van der Waals surface area contributed by atoms with Gasteiger partial charge in [0.2, 0.25) is 0 Å². The van der Waals surface area contributed by atoms with Crippen LogP contribution in [0.25, 0.3) is 11.4 Å². The smallest absolute Gasteiger partial charge is 0.261 e. The van der Waals surface area contributed by atoms with Crippen molar-refractivity contribution in [1.82, 2.24) is 25.4 Å². The minimum absolute atomic E-state index is 0.0611. The van der Waals surface area contributed by atoms with Gasteiger partial charge in [0.1, 0.15) is 17.6 Å². The Morgan fingerprint density at radius 1 is 1.16 bits per heavy atom. The van der Waals surface area contributed by atoms with Gasteiger partial charge in [-0.3, -0.25) is 9.89 Å². The normalized spacial score (nSPS) is 16.8. The summed E-state index contributed by atoms with van der Waals surface area (Å²) in [5.74, 6) is 1.50. The molecule has 1 aromatic heterocycles. The average molecular weight is 442 g/mol. The van der Waals surface area contributed by atoms with Crippen LogP contribution in [0.5, 0.6) is 5.75 Å². The first kappa shape index (κ1) is 21.0. The van der Waals surface area contributed by atoms with Gasteiger partial charge in [0.15, 0.2) is 22.3 Å². The van der Waals surface area contributed by atoms with Crippen LogP contribution in [-0.4, -0.2) is 66.9 Å². The molecule has 1 saturated heterocycles. The first-order valence-corrected chi connectivity index (χ1v) is 11.7. The summed E-state index contributed by atoms with van der Waals surface area (Å²) in [6.45, 7) is 1.69. The van der Waals surface area contributed by atoms with Gasteiger partial charge in [-0.25, -0.2) is 13.4 Å². The van der Waals surface area contributed by atoms with Gasteiger partial charge in [0.25, 0.3) is 5.91 Å². The van der Waals surface area contributed by atoms with Gasteiger partial charge in [0.05, 0.1) is 4.90 Å². The Kier molecular flexibility index (Phi) is 6.01. The van der Waals surface area contributed by atoms with Gasteiger partial charge < -0.3 is 15.0 Å². The second-order valence-electron chi connectivity index (χ2n) is 7.25. The van der Waals surface area contributed by atoms with Crippen molar-refractivity contribution in [2.24, 2.45) is 0 Å². The number of nitrogens with one attached hydrogen (secondary N) is 2. The highest BCUT2D eigenvalue weighted by atomic mass is 32.2. The lowest BCUT2D eigenvalue weighted by molar-refractivity contribution is -0.137. The van der Waals surface area contributed by atoms with Crippen LogP contribution >= 0.6 is 0 Å².